The van der Waals surface area contributed by atoms with Crippen LogP contribution in [0.25, 0.3) is 54.6 Å². The van der Waals surface area contributed by atoms with Crippen LogP contribution in [0.5, 0.6) is 0 Å². The van der Waals surface area contributed by atoms with Gasteiger partial charge in [0, 0.05) is 20.5 Å². The molecule has 1 atom stereocenters. The van der Waals surface area contributed by atoms with E-state index >= 15 is 0 Å². The van der Waals surface area contributed by atoms with Crippen molar-refractivity contribution in [1.82, 2.24) is 0 Å². The second-order valence-corrected chi connectivity index (χ2v) is 14.4. The van der Waals surface area contributed by atoms with Crippen molar-refractivity contribution < 1.29 is 0 Å². The molecule has 0 saturated heterocycles. The fraction of sp³-hybridized carbons (Fsp3) is 0.0638. The van der Waals surface area contributed by atoms with Crippen LogP contribution in [0.15, 0.2) is 164 Å². The van der Waals surface area contributed by atoms with E-state index in [1.54, 1.807) is 0 Å². The van der Waals surface area contributed by atoms with Crippen LogP contribution in [-0.2, 0) is 11.8 Å². The van der Waals surface area contributed by atoms with E-state index < -0.39 is 0 Å². The summed E-state index contributed by atoms with van der Waals surface area (Å²) in [6.07, 6.45) is 0.919. The summed E-state index contributed by atoms with van der Waals surface area (Å²) >= 11 is 1.98. The van der Waals surface area contributed by atoms with Gasteiger partial charge in [-0.1, -0.05) is 157 Å². The molecule has 1 aromatic heterocycles. The summed E-state index contributed by atoms with van der Waals surface area (Å²) in [5.41, 5.74) is 18.4. The second-order valence-electron chi connectivity index (χ2n) is 13.3. The van der Waals surface area contributed by atoms with Gasteiger partial charge in [0.2, 0.25) is 0 Å². The molecule has 226 valence electrons. The molecule has 10 rings (SSSR count). The number of thiophene rings is 1. The van der Waals surface area contributed by atoms with E-state index in [4.69, 9.17) is 0 Å². The molecule has 0 saturated carbocycles. The van der Waals surface area contributed by atoms with E-state index in [9.17, 15) is 0 Å². The molecular formula is C47H32S. The van der Waals surface area contributed by atoms with E-state index in [0.717, 1.165) is 6.42 Å². The zero-order valence-electron chi connectivity index (χ0n) is 26.7. The molecule has 0 nitrogen and oxygen atoms in total. The van der Waals surface area contributed by atoms with Gasteiger partial charge in [0.25, 0.3) is 0 Å². The summed E-state index contributed by atoms with van der Waals surface area (Å²) < 4.78 is 1.36. The van der Waals surface area contributed by atoms with E-state index in [0.29, 0.717) is 0 Å². The highest BCUT2D eigenvalue weighted by molar-refractivity contribution is 7.20. The van der Waals surface area contributed by atoms with Gasteiger partial charge in [-0.05, 0) is 92.2 Å². The Hall–Kier alpha value is -5.50. The number of rotatable bonds is 4. The molecule has 1 unspecified atom stereocenters. The van der Waals surface area contributed by atoms with Crippen molar-refractivity contribution in [2.75, 3.05) is 0 Å². The topological polar surface area (TPSA) is 0 Å². The molecule has 0 bridgehead atoms. The van der Waals surface area contributed by atoms with Gasteiger partial charge >= 0.3 is 0 Å². The Morgan fingerprint density at radius 2 is 1.04 bits per heavy atom. The first-order chi connectivity index (χ1) is 23.7. The van der Waals surface area contributed by atoms with Gasteiger partial charge in [-0.3, -0.25) is 0 Å². The molecule has 1 heteroatoms. The maximum absolute atomic E-state index is 2.50. The highest BCUT2D eigenvalue weighted by Gasteiger charge is 2.53. The van der Waals surface area contributed by atoms with Crippen molar-refractivity contribution in [2.24, 2.45) is 0 Å². The predicted octanol–water partition coefficient (Wildman–Crippen LogP) is 12.5. The summed E-state index contributed by atoms with van der Waals surface area (Å²) in [7, 11) is 0. The van der Waals surface area contributed by atoms with Gasteiger partial charge in [0.15, 0.2) is 0 Å². The predicted molar refractivity (Wildman–Crippen MR) is 203 cm³/mol. The van der Waals surface area contributed by atoms with E-state index in [1.165, 1.54) is 92.9 Å². The highest BCUT2D eigenvalue weighted by Crippen LogP contribution is 2.66. The summed E-state index contributed by atoms with van der Waals surface area (Å²) in [5.74, 6) is 0. The SMILES string of the molecule is Cc1ccc2c(c1)C1(c3ccccc3-c3ccc(-c4ccc(Cc5ccc(-c6ccccc6)cc5)cc4)cc31)c1sc3ccccc3c1-2. The minimum absolute atomic E-state index is 0.325. The van der Waals surface area contributed by atoms with Gasteiger partial charge < -0.3 is 0 Å². The monoisotopic (exact) mass is 628 g/mol. The molecular weight excluding hydrogens is 597 g/mol. The summed E-state index contributed by atoms with van der Waals surface area (Å²) in [4.78, 5) is 1.46. The number of hydrogen-bond acceptors (Lipinski definition) is 1. The van der Waals surface area contributed by atoms with Crippen molar-refractivity contribution in [3.63, 3.8) is 0 Å². The van der Waals surface area contributed by atoms with Crippen molar-refractivity contribution >= 4 is 21.4 Å². The van der Waals surface area contributed by atoms with Gasteiger partial charge in [-0.2, -0.15) is 0 Å². The molecule has 0 N–H and O–H groups in total. The van der Waals surface area contributed by atoms with Crippen LogP contribution in [-0.4, -0.2) is 0 Å². The molecule has 0 radical (unpaired) electrons. The molecule has 7 aromatic carbocycles. The van der Waals surface area contributed by atoms with Crippen molar-refractivity contribution in [3.05, 3.63) is 202 Å². The normalized spacial score (nSPS) is 15.4. The highest BCUT2D eigenvalue weighted by atomic mass is 32.1. The number of aryl methyl sites for hydroxylation is 1. The standard InChI is InChI=1S/C47H32S/c1-30-15-25-39-42(27-30)47(46-45(39)40-12-6-8-14-44(40)48-46)41-13-7-5-11-37(41)38-26-24-36(29-43(38)47)35-22-18-32(19-23-35)28-31-16-20-34(21-17-31)33-9-3-2-4-10-33/h2-27,29H,28H2,1H3. The first-order valence-corrected chi connectivity index (χ1v) is 17.6. The van der Waals surface area contributed by atoms with Crippen LogP contribution in [0.3, 0.4) is 0 Å². The summed E-state index contributed by atoms with van der Waals surface area (Å²) in [5, 5.41) is 1.37. The second kappa shape index (κ2) is 10.5. The van der Waals surface area contributed by atoms with Crippen molar-refractivity contribution in [2.45, 2.75) is 18.8 Å². The van der Waals surface area contributed by atoms with Gasteiger partial charge in [0.1, 0.15) is 0 Å². The Balaban J connectivity index is 1.07. The molecule has 2 aliphatic carbocycles. The van der Waals surface area contributed by atoms with Crippen LogP contribution in [0.2, 0.25) is 0 Å². The van der Waals surface area contributed by atoms with Crippen LogP contribution in [0.1, 0.15) is 38.3 Å². The minimum atomic E-state index is -0.325. The molecule has 2 aliphatic rings. The summed E-state index contributed by atoms with van der Waals surface area (Å²) in [6.45, 7) is 2.23. The van der Waals surface area contributed by atoms with Gasteiger partial charge in [-0.15, -0.1) is 11.3 Å². The lowest BCUT2D eigenvalue weighted by Gasteiger charge is -2.30. The Morgan fingerprint density at radius 1 is 0.458 bits per heavy atom. The zero-order chi connectivity index (χ0) is 31.8. The van der Waals surface area contributed by atoms with Crippen LogP contribution >= 0.6 is 11.3 Å². The van der Waals surface area contributed by atoms with E-state index in [1.807, 2.05) is 11.3 Å². The van der Waals surface area contributed by atoms with Gasteiger partial charge in [0.05, 0.1) is 5.41 Å². The van der Waals surface area contributed by atoms with Gasteiger partial charge in [-0.25, -0.2) is 0 Å². The average molecular weight is 629 g/mol. The molecule has 0 fully saturated rings. The fourth-order valence-corrected chi connectivity index (χ4v) is 9.83. The number of fused-ring (bicyclic) bond motifs is 12. The number of benzene rings is 7. The largest absolute Gasteiger partial charge is 0.138 e. The van der Waals surface area contributed by atoms with Crippen LogP contribution < -0.4 is 0 Å². The molecule has 48 heavy (non-hydrogen) atoms. The third-order valence-electron chi connectivity index (χ3n) is 10.6. The molecule has 8 aromatic rings. The minimum Gasteiger partial charge on any atom is -0.138 e. The Morgan fingerprint density at radius 3 is 1.83 bits per heavy atom. The van der Waals surface area contributed by atoms with Crippen LogP contribution in [0.4, 0.5) is 0 Å². The van der Waals surface area contributed by atoms with E-state index in [-0.39, 0.29) is 5.41 Å². The molecule has 0 amide bonds. The smallest absolute Gasteiger partial charge is 0.0819 e. The van der Waals surface area contributed by atoms with Crippen molar-refractivity contribution in [3.8, 4) is 44.5 Å². The Labute approximate surface area is 285 Å². The first kappa shape index (κ1) is 27.6. The molecule has 1 heterocycles. The molecule has 0 aliphatic heterocycles. The molecule has 1 spiro atoms. The third kappa shape index (κ3) is 3.95. The maximum atomic E-state index is 2.50. The Bertz CT molecular complexity index is 2520. The fourth-order valence-electron chi connectivity index (χ4n) is 8.38. The first-order valence-electron chi connectivity index (χ1n) is 16.8. The third-order valence-corrected chi connectivity index (χ3v) is 11.9. The van der Waals surface area contributed by atoms with E-state index in [2.05, 4.69) is 171 Å². The number of hydrogen-bond donors (Lipinski definition) is 0. The van der Waals surface area contributed by atoms with Crippen molar-refractivity contribution in [1.29, 1.82) is 0 Å². The zero-order valence-corrected chi connectivity index (χ0v) is 27.5. The average Bonchev–Trinajstić information content (AvgIpc) is 3.76. The lowest BCUT2D eigenvalue weighted by atomic mass is 9.73. The lowest BCUT2D eigenvalue weighted by Crippen LogP contribution is -2.25. The lowest BCUT2D eigenvalue weighted by molar-refractivity contribution is 0.811. The Kier molecular flexibility index (Phi) is 6.04. The quantitative estimate of drug-likeness (QED) is 0.182. The maximum Gasteiger partial charge on any atom is 0.0819 e. The summed E-state index contributed by atoms with van der Waals surface area (Å²) in [6, 6.07) is 61.2. The van der Waals surface area contributed by atoms with Crippen LogP contribution in [0, 0.1) is 6.92 Å².